The number of para-hydroxylation sites is 2. The fourth-order valence-corrected chi connectivity index (χ4v) is 4.51. The lowest BCUT2D eigenvalue weighted by Gasteiger charge is -2.27. The first-order chi connectivity index (χ1) is 15.0. The van der Waals surface area contributed by atoms with Crippen LogP contribution in [0.5, 0.6) is 0 Å². The maximum Gasteiger partial charge on any atom is 0.280 e. The van der Waals surface area contributed by atoms with Crippen LogP contribution < -0.4 is 10.7 Å². The minimum atomic E-state index is -0.614. The van der Waals surface area contributed by atoms with Crippen LogP contribution in [0.4, 0.5) is 10.1 Å². The fourth-order valence-electron chi connectivity index (χ4n) is 3.53. The molecule has 0 bridgehead atoms. The highest BCUT2D eigenvalue weighted by Gasteiger charge is 2.19. The number of benzene rings is 2. The van der Waals surface area contributed by atoms with Crippen molar-refractivity contribution in [3.63, 3.8) is 0 Å². The summed E-state index contributed by atoms with van der Waals surface area (Å²) in [6, 6.07) is 15.0. The van der Waals surface area contributed by atoms with Gasteiger partial charge in [0.05, 0.1) is 0 Å². The van der Waals surface area contributed by atoms with E-state index in [-0.39, 0.29) is 11.4 Å². The van der Waals surface area contributed by atoms with Gasteiger partial charge in [-0.05, 0) is 30.7 Å². The van der Waals surface area contributed by atoms with Crippen LogP contribution in [-0.2, 0) is 6.54 Å². The molecule has 4 rings (SSSR count). The summed E-state index contributed by atoms with van der Waals surface area (Å²) in [5, 5.41) is 7.01. The van der Waals surface area contributed by atoms with Crippen molar-refractivity contribution in [2.45, 2.75) is 13.5 Å². The fraction of sp³-hybridized carbons (Fsp3) is 0.261. The third-order valence-electron chi connectivity index (χ3n) is 5.17. The van der Waals surface area contributed by atoms with E-state index in [4.69, 9.17) is 0 Å². The molecule has 1 N–H and O–H groups in total. The summed E-state index contributed by atoms with van der Waals surface area (Å²) in [5.41, 5.74) is 1.45. The molecular formula is C23H23FN4O2S. The molecule has 2 heterocycles. The van der Waals surface area contributed by atoms with Crippen molar-refractivity contribution in [3.8, 4) is 5.69 Å². The number of aromatic nitrogens is 2. The summed E-state index contributed by atoms with van der Waals surface area (Å²) in [6.45, 7) is 4.37. The minimum Gasteiger partial charge on any atom is -0.320 e. The molecule has 2 aromatic carbocycles. The van der Waals surface area contributed by atoms with Gasteiger partial charge < -0.3 is 5.32 Å². The first-order valence-electron chi connectivity index (χ1n) is 10.1. The number of amides is 1. The van der Waals surface area contributed by atoms with Crippen molar-refractivity contribution in [1.82, 2.24) is 14.7 Å². The van der Waals surface area contributed by atoms with Crippen LogP contribution in [0, 0.1) is 12.7 Å². The zero-order valence-electron chi connectivity index (χ0n) is 17.2. The van der Waals surface area contributed by atoms with Crippen LogP contribution in [0.25, 0.3) is 5.69 Å². The monoisotopic (exact) mass is 438 g/mol. The van der Waals surface area contributed by atoms with Gasteiger partial charge >= 0.3 is 0 Å². The number of nitrogens with one attached hydrogen (secondary N) is 1. The van der Waals surface area contributed by atoms with E-state index in [1.165, 1.54) is 16.8 Å². The molecule has 160 valence electrons. The molecule has 1 aliphatic rings. The first-order valence-corrected chi connectivity index (χ1v) is 11.2. The molecule has 1 saturated heterocycles. The second-order valence-corrected chi connectivity index (χ2v) is 8.59. The Hall–Kier alpha value is -2.97. The third kappa shape index (κ3) is 4.86. The molecule has 1 aliphatic heterocycles. The van der Waals surface area contributed by atoms with Crippen LogP contribution >= 0.6 is 11.8 Å². The normalized spacial score (nSPS) is 14.4. The molecule has 0 atom stereocenters. The Morgan fingerprint density at radius 3 is 2.61 bits per heavy atom. The SMILES string of the molecule is Cc1cc(=O)c(C(=O)Nc2ccccc2CN2CCSCC2)nn1-c1ccccc1F. The van der Waals surface area contributed by atoms with Gasteiger partial charge in [0.1, 0.15) is 11.5 Å². The van der Waals surface area contributed by atoms with Crippen LogP contribution in [0.2, 0.25) is 0 Å². The molecule has 0 aliphatic carbocycles. The Kier molecular flexibility index (Phi) is 6.48. The number of anilines is 1. The van der Waals surface area contributed by atoms with E-state index >= 15 is 0 Å². The highest BCUT2D eigenvalue weighted by Crippen LogP contribution is 2.20. The molecular weight excluding hydrogens is 415 g/mol. The quantitative estimate of drug-likeness (QED) is 0.661. The largest absolute Gasteiger partial charge is 0.320 e. The van der Waals surface area contributed by atoms with Gasteiger partial charge in [0.25, 0.3) is 5.91 Å². The number of carbonyl (C=O) groups is 1. The van der Waals surface area contributed by atoms with Crippen LogP contribution in [0.3, 0.4) is 0 Å². The Balaban J connectivity index is 1.62. The number of aryl methyl sites for hydroxylation is 1. The smallest absolute Gasteiger partial charge is 0.280 e. The summed E-state index contributed by atoms with van der Waals surface area (Å²) in [6.07, 6.45) is 0. The molecule has 1 aromatic heterocycles. The number of nitrogens with zero attached hydrogens (tertiary/aromatic N) is 3. The molecule has 0 spiro atoms. The van der Waals surface area contributed by atoms with E-state index in [0.717, 1.165) is 36.7 Å². The molecule has 0 saturated carbocycles. The standard InChI is InChI=1S/C23H23FN4O2S/c1-16-14-21(29)22(26-28(16)20-9-5-3-7-18(20)24)23(30)25-19-8-4-2-6-17(19)15-27-10-12-31-13-11-27/h2-9,14H,10-13,15H2,1H3,(H,25,30). The summed E-state index contributed by atoms with van der Waals surface area (Å²) in [4.78, 5) is 27.8. The van der Waals surface area contributed by atoms with Crippen molar-refractivity contribution in [3.05, 3.63) is 87.6 Å². The second-order valence-electron chi connectivity index (χ2n) is 7.36. The molecule has 8 heteroatoms. The average Bonchev–Trinajstić information content (AvgIpc) is 2.76. The van der Waals surface area contributed by atoms with Crippen molar-refractivity contribution in [2.75, 3.05) is 29.9 Å². The van der Waals surface area contributed by atoms with Crippen molar-refractivity contribution < 1.29 is 9.18 Å². The molecule has 6 nitrogen and oxygen atoms in total. The average molecular weight is 439 g/mol. The van der Waals surface area contributed by atoms with Gasteiger partial charge in [-0.25, -0.2) is 9.07 Å². The maximum absolute atomic E-state index is 14.3. The highest BCUT2D eigenvalue weighted by atomic mass is 32.2. The minimum absolute atomic E-state index is 0.178. The van der Waals surface area contributed by atoms with Gasteiger partial charge in [0, 0.05) is 48.6 Å². The number of hydrogen-bond donors (Lipinski definition) is 1. The predicted octanol–water partition coefficient (Wildman–Crippen LogP) is 3.48. The van der Waals surface area contributed by atoms with E-state index in [9.17, 15) is 14.0 Å². The lowest BCUT2D eigenvalue weighted by molar-refractivity contribution is 0.101. The predicted molar refractivity (Wildman–Crippen MR) is 122 cm³/mol. The molecule has 3 aromatic rings. The first kappa shape index (κ1) is 21.3. The van der Waals surface area contributed by atoms with Crippen molar-refractivity contribution in [2.24, 2.45) is 0 Å². The Labute approximate surface area is 184 Å². The van der Waals surface area contributed by atoms with Gasteiger partial charge in [-0.15, -0.1) is 0 Å². The lowest BCUT2D eigenvalue weighted by atomic mass is 10.1. The zero-order valence-corrected chi connectivity index (χ0v) is 18.0. The molecule has 1 amide bonds. The van der Waals surface area contributed by atoms with E-state index in [0.29, 0.717) is 11.4 Å². The maximum atomic E-state index is 14.3. The van der Waals surface area contributed by atoms with E-state index in [1.807, 2.05) is 36.0 Å². The number of rotatable bonds is 5. The molecule has 0 radical (unpaired) electrons. The summed E-state index contributed by atoms with van der Waals surface area (Å²) < 4.78 is 15.5. The topological polar surface area (TPSA) is 67.2 Å². The number of halogens is 1. The Morgan fingerprint density at radius 1 is 1.13 bits per heavy atom. The molecule has 31 heavy (non-hydrogen) atoms. The van der Waals surface area contributed by atoms with Gasteiger partial charge in [0.2, 0.25) is 5.43 Å². The van der Waals surface area contributed by atoms with E-state index < -0.39 is 17.2 Å². The van der Waals surface area contributed by atoms with Crippen molar-refractivity contribution >= 4 is 23.4 Å². The number of carbonyl (C=O) groups excluding carboxylic acids is 1. The molecule has 1 fully saturated rings. The third-order valence-corrected chi connectivity index (χ3v) is 6.11. The zero-order chi connectivity index (χ0) is 21.8. The van der Waals surface area contributed by atoms with Crippen molar-refractivity contribution in [1.29, 1.82) is 0 Å². The Morgan fingerprint density at radius 2 is 1.84 bits per heavy atom. The Bertz CT molecular complexity index is 1160. The highest BCUT2D eigenvalue weighted by molar-refractivity contribution is 7.99. The van der Waals surface area contributed by atoms with Gasteiger partial charge in [0.15, 0.2) is 5.69 Å². The van der Waals surface area contributed by atoms with E-state index in [2.05, 4.69) is 15.3 Å². The lowest BCUT2D eigenvalue weighted by Crippen LogP contribution is -2.32. The van der Waals surface area contributed by atoms with Crippen LogP contribution in [0.1, 0.15) is 21.7 Å². The van der Waals surface area contributed by atoms with Gasteiger partial charge in [-0.3, -0.25) is 14.5 Å². The molecule has 0 unspecified atom stereocenters. The summed E-state index contributed by atoms with van der Waals surface area (Å²) in [7, 11) is 0. The van der Waals surface area contributed by atoms with Crippen LogP contribution in [0.15, 0.2) is 59.4 Å². The number of thioether (sulfide) groups is 1. The van der Waals surface area contributed by atoms with E-state index in [1.54, 1.807) is 25.1 Å². The number of hydrogen-bond acceptors (Lipinski definition) is 5. The second kappa shape index (κ2) is 9.45. The van der Waals surface area contributed by atoms with Gasteiger partial charge in [-0.2, -0.15) is 16.9 Å². The van der Waals surface area contributed by atoms with Gasteiger partial charge in [-0.1, -0.05) is 30.3 Å². The van der Waals surface area contributed by atoms with Crippen LogP contribution in [-0.4, -0.2) is 45.2 Å². The summed E-state index contributed by atoms with van der Waals surface area (Å²) >= 11 is 1.94. The summed E-state index contributed by atoms with van der Waals surface area (Å²) in [5.74, 6) is 1.09.